The highest BCUT2D eigenvalue weighted by Gasteiger charge is 2.38. The van der Waals surface area contributed by atoms with E-state index in [9.17, 15) is 4.79 Å². The molecule has 3 heterocycles. The Morgan fingerprint density at radius 3 is 2.87 bits per heavy atom. The Balaban J connectivity index is 1.62. The summed E-state index contributed by atoms with van der Waals surface area (Å²) < 4.78 is 7.29. The van der Waals surface area contributed by atoms with Crippen LogP contribution in [0.3, 0.4) is 0 Å². The van der Waals surface area contributed by atoms with E-state index >= 15 is 0 Å². The standard InChI is InChI=1S/C17H28N4O2/c1-3-15(14-11-18-20(2)12-14)19-16(22)21-8-4-5-17(13-21)6-9-23-10-7-17/h11-12,15H,3-10,13H2,1-2H3,(H,19,22)/t15-/m0/s1. The molecule has 23 heavy (non-hydrogen) atoms. The van der Waals surface area contributed by atoms with Crippen LogP contribution in [0.4, 0.5) is 4.79 Å². The Kier molecular flexibility index (Phi) is 4.90. The summed E-state index contributed by atoms with van der Waals surface area (Å²) in [6, 6.07) is 0.0926. The average Bonchev–Trinajstić information content (AvgIpc) is 2.99. The van der Waals surface area contributed by atoms with Crippen molar-refractivity contribution in [2.45, 2.75) is 45.1 Å². The third-order valence-corrected chi connectivity index (χ3v) is 5.34. The first-order valence-corrected chi connectivity index (χ1v) is 8.74. The van der Waals surface area contributed by atoms with E-state index < -0.39 is 0 Å². The van der Waals surface area contributed by atoms with E-state index in [1.165, 1.54) is 6.42 Å². The highest BCUT2D eigenvalue weighted by molar-refractivity contribution is 5.75. The molecule has 2 aliphatic heterocycles. The Labute approximate surface area is 138 Å². The largest absolute Gasteiger partial charge is 0.381 e. The molecule has 2 fully saturated rings. The third kappa shape index (κ3) is 3.68. The van der Waals surface area contributed by atoms with Crippen LogP contribution in [0.2, 0.25) is 0 Å². The molecule has 0 aliphatic carbocycles. The van der Waals surface area contributed by atoms with E-state index in [1.807, 2.05) is 24.3 Å². The Hall–Kier alpha value is -1.56. The molecule has 1 aromatic rings. The quantitative estimate of drug-likeness (QED) is 0.931. The predicted octanol–water partition coefficient (Wildman–Crippen LogP) is 2.47. The molecule has 0 radical (unpaired) electrons. The van der Waals surface area contributed by atoms with E-state index in [-0.39, 0.29) is 17.5 Å². The first-order chi connectivity index (χ1) is 11.1. The molecule has 2 aliphatic rings. The highest BCUT2D eigenvalue weighted by atomic mass is 16.5. The first-order valence-electron chi connectivity index (χ1n) is 8.74. The van der Waals surface area contributed by atoms with Crippen LogP contribution in [-0.4, -0.2) is 47.0 Å². The molecule has 0 saturated carbocycles. The van der Waals surface area contributed by atoms with E-state index in [4.69, 9.17) is 4.74 Å². The Morgan fingerprint density at radius 1 is 1.43 bits per heavy atom. The van der Waals surface area contributed by atoms with Gasteiger partial charge < -0.3 is 15.0 Å². The zero-order chi connectivity index (χ0) is 16.3. The van der Waals surface area contributed by atoms with Crippen LogP contribution in [0.15, 0.2) is 12.4 Å². The molecule has 6 heteroatoms. The van der Waals surface area contributed by atoms with Crippen LogP contribution < -0.4 is 5.32 Å². The number of nitrogens with one attached hydrogen (secondary N) is 1. The lowest BCUT2D eigenvalue weighted by Crippen LogP contribution is -2.51. The molecule has 1 aromatic heterocycles. The molecule has 1 spiro atoms. The van der Waals surface area contributed by atoms with Crippen LogP contribution in [0.5, 0.6) is 0 Å². The lowest BCUT2D eigenvalue weighted by atomic mass is 9.74. The second-order valence-electron chi connectivity index (χ2n) is 7.00. The monoisotopic (exact) mass is 320 g/mol. The number of piperidine rings is 1. The number of likely N-dealkylation sites (tertiary alicyclic amines) is 1. The van der Waals surface area contributed by atoms with Gasteiger partial charge in [0.25, 0.3) is 0 Å². The maximum atomic E-state index is 12.7. The molecule has 6 nitrogen and oxygen atoms in total. The smallest absolute Gasteiger partial charge is 0.317 e. The third-order valence-electron chi connectivity index (χ3n) is 5.34. The molecule has 3 rings (SSSR count). The van der Waals surface area contributed by atoms with Crippen LogP contribution in [-0.2, 0) is 11.8 Å². The molecule has 0 unspecified atom stereocenters. The number of aryl methyl sites for hydroxylation is 1. The average molecular weight is 320 g/mol. The van der Waals surface area contributed by atoms with Gasteiger partial charge in [-0.2, -0.15) is 5.10 Å². The number of amides is 2. The number of aromatic nitrogens is 2. The summed E-state index contributed by atoms with van der Waals surface area (Å²) in [6.45, 7) is 5.49. The van der Waals surface area contributed by atoms with Gasteiger partial charge in [0.05, 0.1) is 12.2 Å². The molecule has 0 bridgehead atoms. The fraction of sp³-hybridized carbons (Fsp3) is 0.765. The predicted molar refractivity (Wildman–Crippen MR) is 88.1 cm³/mol. The zero-order valence-electron chi connectivity index (χ0n) is 14.3. The Morgan fingerprint density at radius 2 is 2.22 bits per heavy atom. The van der Waals surface area contributed by atoms with Crippen LogP contribution >= 0.6 is 0 Å². The number of hydrogen-bond acceptors (Lipinski definition) is 3. The number of ether oxygens (including phenoxy) is 1. The van der Waals surface area contributed by atoms with Crippen LogP contribution in [0, 0.1) is 5.41 Å². The van der Waals surface area contributed by atoms with E-state index in [0.717, 1.165) is 57.6 Å². The molecular formula is C17H28N4O2. The summed E-state index contributed by atoms with van der Waals surface area (Å²) in [5.74, 6) is 0. The van der Waals surface area contributed by atoms with Crippen molar-refractivity contribution >= 4 is 6.03 Å². The number of carbonyl (C=O) groups excluding carboxylic acids is 1. The minimum atomic E-state index is 0.0313. The van der Waals surface area contributed by atoms with Crippen molar-refractivity contribution in [2.24, 2.45) is 12.5 Å². The van der Waals surface area contributed by atoms with Gasteiger partial charge in [-0.05, 0) is 37.5 Å². The summed E-state index contributed by atoms with van der Waals surface area (Å²) in [5.41, 5.74) is 1.35. The summed E-state index contributed by atoms with van der Waals surface area (Å²) in [6.07, 6.45) is 9.16. The SMILES string of the molecule is CC[C@H](NC(=O)N1CCCC2(CCOCC2)C1)c1cnn(C)c1. The minimum Gasteiger partial charge on any atom is -0.381 e. The van der Waals surface area contributed by atoms with Crippen LogP contribution in [0.25, 0.3) is 0 Å². The van der Waals surface area contributed by atoms with E-state index in [1.54, 1.807) is 4.68 Å². The molecule has 1 N–H and O–H groups in total. The van der Waals surface area contributed by atoms with Gasteiger partial charge in [0, 0.05) is 45.1 Å². The van der Waals surface area contributed by atoms with Gasteiger partial charge in [-0.3, -0.25) is 4.68 Å². The second-order valence-corrected chi connectivity index (χ2v) is 7.00. The fourth-order valence-electron chi connectivity index (χ4n) is 3.88. The molecular weight excluding hydrogens is 292 g/mol. The Bertz CT molecular complexity index is 531. The van der Waals surface area contributed by atoms with Gasteiger partial charge >= 0.3 is 6.03 Å². The molecule has 2 saturated heterocycles. The molecule has 0 aromatic carbocycles. The van der Waals surface area contributed by atoms with Crippen molar-refractivity contribution in [1.82, 2.24) is 20.0 Å². The van der Waals surface area contributed by atoms with Gasteiger partial charge in [0.15, 0.2) is 0 Å². The summed E-state index contributed by atoms with van der Waals surface area (Å²) >= 11 is 0. The summed E-state index contributed by atoms with van der Waals surface area (Å²) in [4.78, 5) is 14.7. The van der Waals surface area contributed by atoms with Gasteiger partial charge in [-0.15, -0.1) is 0 Å². The topological polar surface area (TPSA) is 59.4 Å². The lowest BCUT2D eigenvalue weighted by Gasteiger charge is -2.45. The van der Waals surface area contributed by atoms with E-state index in [0.29, 0.717) is 0 Å². The van der Waals surface area contributed by atoms with Gasteiger partial charge in [0.1, 0.15) is 0 Å². The van der Waals surface area contributed by atoms with Gasteiger partial charge in [-0.25, -0.2) is 4.79 Å². The molecule has 128 valence electrons. The van der Waals surface area contributed by atoms with Crippen molar-refractivity contribution in [2.75, 3.05) is 26.3 Å². The maximum absolute atomic E-state index is 12.7. The maximum Gasteiger partial charge on any atom is 0.317 e. The number of urea groups is 1. The normalized spacial score (nSPS) is 22.1. The van der Waals surface area contributed by atoms with Gasteiger partial charge in [-0.1, -0.05) is 6.92 Å². The summed E-state index contributed by atoms with van der Waals surface area (Å²) in [5, 5.41) is 7.40. The highest BCUT2D eigenvalue weighted by Crippen LogP contribution is 2.39. The fourth-order valence-corrected chi connectivity index (χ4v) is 3.88. The van der Waals surface area contributed by atoms with Crippen molar-refractivity contribution < 1.29 is 9.53 Å². The van der Waals surface area contributed by atoms with Gasteiger partial charge in [0.2, 0.25) is 0 Å². The summed E-state index contributed by atoms with van der Waals surface area (Å²) in [7, 11) is 1.90. The van der Waals surface area contributed by atoms with E-state index in [2.05, 4.69) is 17.3 Å². The second kappa shape index (κ2) is 6.91. The lowest BCUT2D eigenvalue weighted by molar-refractivity contribution is -0.0188. The van der Waals surface area contributed by atoms with Crippen molar-refractivity contribution in [1.29, 1.82) is 0 Å². The van der Waals surface area contributed by atoms with Crippen molar-refractivity contribution in [3.8, 4) is 0 Å². The number of carbonyl (C=O) groups is 1. The molecule has 1 atom stereocenters. The number of rotatable bonds is 3. The number of hydrogen-bond donors (Lipinski definition) is 1. The van der Waals surface area contributed by atoms with Crippen LogP contribution in [0.1, 0.15) is 50.6 Å². The zero-order valence-corrected chi connectivity index (χ0v) is 14.3. The number of nitrogens with zero attached hydrogens (tertiary/aromatic N) is 3. The molecule has 2 amide bonds. The first kappa shape index (κ1) is 16.3. The van der Waals surface area contributed by atoms with Crippen molar-refractivity contribution in [3.05, 3.63) is 18.0 Å². The van der Waals surface area contributed by atoms with Crippen molar-refractivity contribution in [3.63, 3.8) is 0 Å². The minimum absolute atomic E-state index is 0.0313.